The Balaban J connectivity index is 2.47. The molecule has 5 unspecified atom stereocenters. The number of H-pyrrole nitrogens is 1. The van der Waals surface area contributed by atoms with E-state index in [-0.39, 0.29) is 21.4 Å². The number of rotatable bonds is 5. The van der Waals surface area contributed by atoms with E-state index in [1.54, 1.807) is 0 Å². The van der Waals surface area contributed by atoms with Crippen LogP contribution >= 0.6 is 38.5 Å². The molecule has 1 aliphatic rings. The molecule has 2 heterocycles. The van der Waals surface area contributed by atoms with Gasteiger partial charge in [-0.1, -0.05) is 43.6 Å². The highest BCUT2D eigenvalue weighted by Gasteiger charge is 2.35. The summed E-state index contributed by atoms with van der Waals surface area (Å²) in [5, 5.41) is 22.4. The molecule has 1 saturated heterocycles. The van der Waals surface area contributed by atoms with Gasteiger partial charge in [0.15, 0.2) is 0 Å². The van der Waals surface area contributed by atoms with E-state index in [0.717, 1.165) is 4.57 Å². The quantitative estimate of drug-likeness (QED) is 0.178. The zero-order valence-electron chi connectivity index (χ0n) is 11.5. The zero-order valence-corrected chi connectivity index (χ0v) is 15.3. The fraction of sp³-hybridized carbons (Fsp3) is 0.636. The van der Waals surface area contributed by atoms with Crippen molar-refractivity contribution in [3.8, 4) is 0 Å². The Labute approximate surface area is 151 Å². The molecule has 1 fully saturated rings. The maximum absolute atomic E-state index is 12.0. The number of aromatic amines is 1. The molecular formula is C11H13BrIN5O5. The number of aliphatic hydroxyl groups is 2. The highest BCUT2D eigenvalue weighted by atomic mass is 127. The van der Waals surface area contributed by atoms with Crippen molar-refractivity contribution in [3.63, 3.8) is 0 Å². The molecule has 0 bridgehead atoms. The predicted molar refractivity (Wildman–Crippen MR) is 91.6 cm³/mol. The van der Waals surface area contributed by atoms with Crippen molar-refractivity contribution in [1.82, 2.24) is 9.55 Å². The van der Waals surface area contributed by atoms with Crippen LogP contribution < -0.4 is 11.2 Å². The molecule has 0 aliphatic carbocycles. The number of aromatic nitrogens is 2. The molecule has 1 aromatic rings. The van der Waals surface area contributed by atoms with Crippen LogP contribution in [0.5, 0.6) is 0 Å². The molecule has 3 N–H and O–H groups in total. The van der Waals surface area contributed by atoms with Gasteiger partial charge in [-0.05, 0) is 5.53 Å². The lowest BCUT2D eigenvalue weighted by atomic mass is 10.1. The van der Waals surface area contributed by atoms with Crippen molar-refractivity contribution in [1.29, 1.82) is 0 Å². The number of hydrogen-bond acceptors (Lipinski definition) is 6. The van der Waals surface area contributed by atoms with Crippen LogP contribution in [-0.2, 0) is 4.74 Å². The predicted octanol–water partition coefficient (Wildman–Crippen LogP) is 0.685. The van der Waals surface area contributed by atoms with Crippen LogP contribution in [0.15, 0.2) is 20.9 Å². The first-order valence-electron chi connectivity index (χ1n) is 6.51. The molecule has 0 radical (unpaired) electrons. The molecule has 0 saturated carbocycles. The molecule has 12 heteroatoms. The molecule has 0 spiro atoms. The van der Waals surface area contributed by atoms with Gasteiger partial charge in [0, 0.05) is 23.1 Å². The average molecular weight is 502 g/mol. The normalized spacial score (nSPS) is 26.5. The second-order valence-electron chi connectivity index (χ2n) is 4.85. The lowest BCUT2D eigenvalue weighted by Crippen LogP contribution is -2.35. The van der Waals surface area contributed by atoms with Crippen LogP contribution in [0.1, 0.15) is 24.3 Å². The van der Waals surface area contributed by atoms with Crippen molar-refractivity contribution in [2.45, 2.75) is 33.7 Å². The zero-order chi connectivity index (χ0) is 17.1. The maximum Gasteiger partial charge on any atom is 0.330 e. The Hall–Kier alpha value is -0.920. The second-order valence-corrected chi connectivity index (χ2v) is 8.89. The molecule has 126 valence electrons. The van der Waals surface area contributed by atoms with Crippen LogP contribution in [0.3, 0.4) is 0 Å². The topological polar surface area (TPSA) is 153 Å². The summed E-state index contributed by atoms with van der Waals surface area (Å²) in [6, 6.07) is -0.837. The summed E-state index contributed by atoms with van der Waals surface area (Å²) >= 11 is 5.18. The van der Waals surface area contributed by atoms with Gasteiger partial charge in [-0.15, -0.1) is 0 Å². The van der Waals surface area contributed by atoms with E-state index >= 15 is 0 Å². The number of hydrogen-bond donors (Lipinski definition) is 3. The third-order valence-corrected chi connectivity index (χ3v) is 4.61. The van der Waals surface area contributed by atoms with Crippen LogP contribution in [0.25, 0.3) is 10.4 Å². The van der Waals surface area contributed by atoms with Crippen LogP contribution in [0.2, 0.25) is 0 Å². The summed E-state index contributed by atoms with van der Waals surface area (Å²) in [6.45, 7) is -0.388. The summed E-state index contributed by atoms with van der Waals surface area (Å²) in [5.74, 6) is 0. The highest BCUT2D eigenvalue weighted by Crippen LogP contribution is 2.31. The van der Waals surface area contributed by atoms with E-state index in [2.05, 4.69) is 30.9 Å². The number of halogens is 2. The Morgan fingerprint density at radius 1 is 1.65 bits per heavy atom. The molecule has 1 aliphatic heterocycles. The minimum Gasteiger partial charge on any atom is -0.394 e. The summed E-state index contributed by atoms with van der Waals surface area (Å²) in [4.78, 5) is 28.9. The van der Waals surface area contributed by atoms with Crippen molar-refractivity contribution < 1.29 is 14.9 Å². The molecule has 0 aromatic carbocycles. The average Bonchev–Trinajstić information content (AvgIpc) is 2.86. The summed E-state index contributed by atoms with van der Waals surface area (Å²) in [6.07, 6.45) is -1.22. The highest BCUT2D eigenvalue weighted by molar-refractivity contribution is 14.1. The molecular weight excluding hydrogens is 489 g/mol. The van der Waals surface area contributed by atoms with Gasteiger partial charge in [-0.2, -0.15) is 0 Å². The van der Waals surface area contributed by atoms with Crippen molar-refractivity contribution in [2.75, 3.05) is 6.61 Å². The van der Waals surface area contributed by atoms with Gasteiger partial charge in [-0.25, -0.2) is 4.79 Å². The standard InChI is InChI=1S/C11H13BrIN5O5/c12-9(13)8(16-17-14)4-2-18(11(22)15-10(4)21)7-1-5(20)6(3-19)23-7/h2,5-9,19-20H,1,3H2,(H,15,21,22). The molecule has 5 atom stereocenters. The van der Waals surface area contributed by atoms with E-state index in [0.29, 0.717) is 0 Å². The molecule has 10 nitrogen and oxygen atoms in total. The van der Waals surface area contributed by atoms with Crippen LogP contribution in [0.4, 0.5) is 0 Å². The van der Waals surface area contributed by atoms with Gasteiger partial charge in [0.2, 0.25) is 0 Å². The van der Waals surface area contributed by atoms with E-state index in [4.69, 9.17) is 15.4 Å². The number of nitrogens with one attached hydrogen (secondary N) is 1. The van der Waals surface area contributed by atoms with Crippen LogP contribution in [0, 0.1) is 0 Å². The minimum atomic E-state index is -0.922. The Morgan fingerprint density at radius 2 is 2.35 bits per heavy atom. The first kappa shape index (κ1) is 18.4. The fourth-order valence-electron chi connectivity index (χ4n) is 2.28. The Bertz CT molecular complexity index is 730. The van der Waals surface area contributed by atoms with E-state index in [9.17, 15) is 14.7 Å². The van der Waals surface area contributed by atoms with Crippen molar-refractivity contribution in [2.24, 2.45) is 5.11 Å². The second kappa shape index (κ2) is 7.77. The number of aliphatic hydroxyl groups excluding tert-OH is 2. The first-order valence-corrected chi connectivity index (χ1v) is 8.67. The maximum atomic E-state index is 12.0. The monoisotopic (exact) mass is 501 g/mol. The summed E-state index contributed by atoms with van der Waals surface area (Å²) in [7, 11) is 0. The minimum absolute atomic E-state index is 0.0872. The number of azide groups is 1. The SMILES string of the molecule is [N-]=[N+]=NC(c1cn(C2CC(O)C(CO)O2)c(=O)[nH]c1=O)C(Br)I. The first-order chi connectivity index (χ1) is 10.9. The third kappa shape index (κ3) is 3.95. The summed E-state index contributed by atoms with van der Waals surface area (Å²) in [5.41, 5.74) is 7.35. The number of alkyl halides is 2. The largest absolute Gasteiger partial charge is 0.394 e. The smallest absolute Gasteiger partial charge is 0.330 e. The number of nitrogens with zero attached hydrogens (tertiary/aromatic N) is 4. The fourth-order valence-corrected chi connectivity index (χ4v) is 3.20. The number of ether oxygens (including phenoxy) is 1. The van der Waals surface area contributed by atoms with Gasteiger partial charge in [-0.3, -0.25) is 14.3 Å². The van der Waals surface area contributed by atoms with Gasteiger partial charge in [0.1, 0.15) is 12.3 Å². The van der Waals surface area contributed by atoms with Gasteiger partial charge >= 0.3 is 5.69 Å². The van der Waals surface area contributed by atoms with Crippen molar-refractivity contribution >= 4 is 38.5 Å². The van der Waals surface area contributed by atoms with Crippen molar-refractivity contribution in [3.05, 3.63) is 43.0 Å². The lowest BCUT2D eigenvalue weighted by molar-refractivity contribution is -0.0460. The Morgan fingerprint density at radius 3 is 2.87 bits per heavy atom. The molecule has 1 aromatic heterocycles. The molecule has 23 heavy (non-hydrogen) atoms. The molecule has 2 rings (SSSR count). The lowest BCUT2D eigenvalue weighted by Gasteiger charge is -2.17. The van der Waals surface area contributed by atoms with Gasteiger partial charge < -0.3 is 14.9 Å². The van der Waals surface area contributed by atoms with Gasteiger partial charge in [0.05, 0.1) is 21.6 Å². The third-order valence-electron chi connectivity index (χ3n) is 3.42. The van der Waals surface area contributed by atoms with E-state index in [1.807, 2.05) is 22.6 Å². The van der Waals surface area contributed by atoms with E-state index in [1.165, 1.54) is 6.20 Å². The Kier molecular flexibility index (Phi) is 6.22. The molecule has 0 amide bonds. The van der Waals surface area contributed by atoms with Crippen LogP contribution in [-0.4, -0.2) is 41.4 Å². The van der Waals surface area contributed by atoms with E-state index < -0.39 is 35.7 Å². The van der Waals surface area contributed by atoms with Gasteiger partial charge in [0.25, 0.3) is 5.56 Å². The summed E-state index contributed by atoms with van der Waals surface area (Å²) < 4.78 is 6.15.